The molecule has 12 nitrogen and oxygen atoms in total. The molecule has 0 aromatic heterocycles. The van der Waals surface area contributed by atoms with Gasteiger partial charge in [-0.3, -0.25) is 24.0 Å². The van der Waals surface area contributed by atoms with Crippen LogP contribution in [0.5, 0.6) is 0 Å². The smallest absolute Gasteiger partial charge is 0.253 e. The Bertz CT molecular complexity index is 1530. The highest BCUT2D eigenvalue weighted by Crippen LogP contribution is 2.43. The number of nitrogens with one attached hydrogen (secondary N) is 3. The second-order valence-corrected chi connectivity index (χ2v) is 13.8. The summed E-state index contributed by atoms with van der Waals surface area (Å²) in [6.45, 7) is 0.179. The minimum Gasteiger partial charge on any atom is -0.368 e. The van der Waals surface area contributed by atoms with Crippen molar-refractivity contribution in [3.05, 3.63) is 108 Å². The van der Waals surface area contributed by atoms with E-state index in [1.807, 2.05) is 91.0 Å². The summed E-state index contributed by atoms with van der Waals surface area (Å²) in [5, 5.41) is 7.94. The molecule has 0 bridgehead atoms. The molecule has 3 atom stereocenters. The molecule has 3 unspecified atom stereocenters. The molecular weight excluding hydrogens is 737 g/mol. The van der Waals surface area contributed by atoms with Crippen LogP contribution in [-0.2, 0) is 29.5 Å². The van der Waals surface area contributed by atoms with E-state index in [0.29, 0.717) is 55.5 Å². The van der Waals surface area contributed by atoms with Gasteiger partial charge >= 0.3 is 0 Å². The zero-order valence-corrected chi connectivity index (χ0v) is 31.9. The van der Waals surface area contributed by atoms with Crippen LogP contribution >= 0.6 is 35.8 Å². The number of carbonyl (C=O) groups excluding carboxylic acids is 5. The Hall–Kier alpha value is -4.14. The van der Waals surface area contributed by atoms with Crippen molar-refractivity contribution in [1.82, 2.24) is 20.9 Å². The molecule has 5 amide bonds. The molecule has 3 aromatic carbocycles. The van der Waals surface area contributed by atoms with E-state index in [2.05, 4.69) is 28.6 Å². The maximum Gasteiger partial charge on any atom is 0.253 e. The van der Waals surface area contributed by atoms with Crippen molar-refractivity contribution in [2.75, 3.05) is 25.4 Å². The van der Waals surface area contributed by atoms with Crippen LogP contribution in [-0.4, -0.2) is 82.8 Å². The Balaban J connectivity index is 2.05. The molecule has 0 saturated carbocycles. The lowest BCUT2D eigenvalue weighted by atomic mass is 9.74. The second-order valence-electron chi connectivity index (χ2n) is 12.4. The highest BCUT2D eigenvalue weighted by atomic mass is 35.5. The molecule has 0 spiro atoms. The van der Waals surface area contributed by atoms with Gasteiger partial charge in [0.25, 0.3) is 5.91 Å². The lowest BCUT2D eigenvalue weighted by molar-refractivity contribution is -0.143. The van der Waals surface area contributed by atoms with Crippen molar-refractivity contribution in [3.8, 4) is 0 Å². The molecule has 3 aromatic rings. The largest absolute Gasteiger partial charge is 0.368 e. The van der Waals surface area contributed by atoms with Crippen LogP contribution in [0.25, 0.3) is 0 Å². The van der Waals surface area contributed by atoms with Crippen molar-refractivity contribution >= 4 is 65.4 Å². The van der Waals surface area contributed by atoms with Crippen LogP contribution in [0.3, 0.4) is 0 Å². The average Bonchev–Trinajstić information content (AvgIpc) is 3.17. The summed E-state index contributed by atoms with van der Waals surface area (Å²) in [6, 6.07) is 24.3. The fourth-order valence-electron chi connectivity index (χ4n) is 6.25. The van der Waals surface area contributed by atoms with Gasteiger partial charge in [-0.05, 0) is 68.3 Å². The molecule has 0 heterocycles. The lowest BCUT2D eigenvalue weighted by Gasteiger charge is -2.48. The van der Waals surface area contributed by atoms with Gasteiger partial charge in [0.15, 0.2) is 4.84 Å². The Morgan fingerprint density at radius 2 is 1.08 bits per heavy atom. The SMILES string of the molecule is NCCCCC(NC(=O)C(Cl)Cl)C(=O)NC(CCCCN)C(=O)NCC(=O)N(C(CS)C(N)=O)C(c1ccccc1)(c1ccccc1)c1ccccc1. The van der Waals surface area contributed by atoms with Crippen molar-refractivity contribution in [3.63, 3.8) is 0 Å². The van der Waals surface area contributed by atoms with Gasteiger partial charge in [-0.1, -0.05) is 114 Å². The predicted octanol–water partition coefficient (Wildman–Crippen LogP) is 2.74. The van der Waals surface area contributed by atoms with E-state index in [-0.39, 0.29) is 18.6 Å². The molecule has 0 aliphatic rings. The topological polar surface area (TPSA) is 203 Å². The van der Waals surface area contributed by atoms with Crippen LogP contribution < -0.4 is 33.2 Å². The zero-order chi connectivity index (χ0) is 38.8. The Morgan fingerprint density at radius 1 is 0.660 bits per heavy atom. The van der Waals surface area contributed by atoms with Crippen LogP contribution in [0.4, 0.5) is 0 Å². The first-order valence-electron chi connectivity index (χ1n) is 17.5. The van der Waals surface area contributed by atoms with Crippen LogP contribution in [0.1, 0.15) is 55.2 Å². The molecule has 0 aliphatic carbocycles. The van der Waals surface area contributed by atoms with Gasteiger partial charge in [-0.25, -0.2) is 0 Å². The van der Waals surface area contributed by atoms with E-state index < -0.39 is 64.6 Å². The Labute approximate surface area is 326 Å². The predicted molar refractivity (Wildman–Crippen MR) is 211 cm³/mol. The molecule has 9 N–H and O–H groups in total. The number of carbonyl (C=O) groups is 5. The number of hydrogen-bond donors (Lipinski definition) is 7. The maximum atomic E-state index is 14.7. The third-order valence-corrected chi connectivity index (χ3v) is 9.53. The number of thiol groups is 1. The first kappa shape index (κ1) is 43.3. The fourth-order valence-corrected chi connectivity index (χ4v) is 6.72. The molecule has 0 aliphatic heterocycles. The number of primary amides is 1. The van der Waals surface area contributed by atoms with Gasteiger partial charge in [0.2, 0.25) is 23.6 Å². The molecule has 3 rings (SSSR count). The molecule has 15 heteroatoms. The minimum atomic E-state index is -1.41. The van der Waals surface area contributed by atoms with E-state index in [9.17, 15) is 24.0 Å². The molecule has 286 valence electrons. The first-order valence-corrected chi connectivity index (χ1v) is 19.0. The van der Waals surface area contributed by atoms with Crippen molar-refractivity contribution < 1.29 is 24.0 Å². The average molecular weight is 787 g/mol. The van der Waals surface area contributed by atoms with Crippen LogP contribution in [0.15, 0.2) is 91.0 Å². The summed E-state index contributed by atoms with van der Waals surface area (Å²) in [6.07, 6.45) is 2.56. The van der Waals surface area contributed by atoms with Crippen molar-refractivity contribution in [2.24, 2.45) is 17.2 Å². The number of unbranched alkanes of at least 4 members (excludes halogenated alkanes) is 2. The van der Waals surface area contributed by atoms with E-state index in [0.717, 1.165) is 0 Å². The normalized spacial score (nSPS) is 13.0. The second kappa shape index (κ2) is 22.2. The number of amides is 5. The highest BCUT2D eigenvalue weighted by molar-refractivity contribution is 7.80. The Kier molecular flexibility index (Phi) is 18.1. The zero-order valence-electron chi connectivity index (χ0n) is 29.5. The Morgan fingerprint density at radius 3 is 1.45 bits per heavy atom. The van der Waals surface area contributed by atoms with E-state index in [1.54, 1.807) is 0 Å². The monoisotopic (exact) mass is 785 g/mol. The summed E-state index contributed by atoms with van der Waals surface area (Å²) < 4.78 is 0. The van der Waals surface area contributed by atoms with E-state index >= 15 is 0 Å². The molecule has 0 fully saturated rings. The van der Waals surface area contributed by atoms with E-state index in [1.165, 1.54) is 4.90 Å². The minimum absolute atomic E-state index is 0.121. The lowest BCUT2D eigenvalue weighted by Crippen LogP contribution is -2.62. The summed E-state index contributed by atoms with van der Waals surface area (Å²) in [4.78, 5) is 67.6. The molecule has 0 saturated heterocycles. The third-order valence-electron chi connectivity index (χ3n) is 8.79. The molecular formula is C38H49Cl2N7O5S. The van der Waals surface area contributed by atoms with Gasteiger partial charge in [0.05, 0.1) is 6.54 Å². The maximum absolute atomic E-state index is 14.7. The number of hydrogen-bond acceptors (Lipinski definition) is 8. The van der Waals surface area contributed by atoms with Crippen LogP contribution in [0.2, 0.25) is 0 Å². The van der Waals surface area contributed by atoms with Crippen LogP contribution in [0, 0.1) is 0 Å². The quantitative estimate of drug-likeness (QED) is 0.0351. The third kappa shape index (κ3) is 11.7. The van der Waals surface area contributed by atoms with Gasteiger partial charge in [-0.2, -0.15) is 12.6 Å². The molecule has 53 heavy (non-hydrogen) atoms. The standard InChI is InChI=1S/C38H49Cl2N7O5S/c39-33(40)37(52)46-30(21-11-13-23-42)36(51)45-29(20-10-12-22-41)35(50)44-24-32(48)47(31(25-53)34(43)49)38(26-14-4-1-5-15-26,27-16-6-2-7-17-27)28-18-8-3-9-19-28/h1-9,14-19,29-31,33,53H,10-13,20-25,41-42H2,(H2,43,49)(H,44,50)(H,45,51)(H,46,52). The van der Waals surface area contributed by atoms with Crippen molar-refractivity contribution in [1.29, 1.82) is 0 Å². The molecule has 0 radical (unpaired) electrons. The van der Waals surface area contributed by atoms with Gasteiger partial charge in [-0.15, -0.1) is 0 Å². The van der Waals surface area contributed by atoms with Gasteiger partial charge in [0, 0.05) is 5.75 Å². The summed E-state index contributed by atoms with van der Waals surface area (Å²) in [7, 11) is 0. The van der Waals surface area contributed by atoms with E-state index in [4.69, 9.17) is 40.4 Å². The highest BCUT2D eigenvalue weighted by Gasteiger charge is 2.49. The first-order chi connectivity index (χ1) is 25.5. The summed E-state index contributed by atoms with van der Waals surface area (Å²) >= 11 is 15.9. The number of rotatable bonds is 22. The fraction of sp³-hybridized carbons (Fsp3) is 0.395. The number of nitrogens with zero attached hydrogens (tertiary/aromatic N) is 1. The van der Waals surface area contributed by atoms with Gasteiger partial charge < -0.3 is 38.1 Å². The number of nitrogens with two attached hydrogens (primary N) is 3. The summed E-state index contributed by atoms with van der Waals surface area (Å²) in [5.41, 5.74) is 17.9. The number of halogens is 2. The van der Waals surface area contributed by atoms with Crippen molar-refractivity contribution in [2.45, 2.75) is 67.0 Å². The summed E-state index contributed by atoms with van der Waals surface area (Å²) in [5.74, 6) is -3.61. The number of benzene rings is 3. The van der Waals surface area contributed by atoms with Gasteiger partial charge in [0.1, 0.15) is 23.7 Å². The number of alkyl halides is 2.